The van der Waals surface area contributed by atoms with Gasteiger partial charge in [-0.15, -0.1) is 11.3 Å². The molecule has 2 atom stereocenters. The molecule has 0 bridgehead atoms. The molecule has 1 aliphatic heterocycles. The normalized spacial score (nSPS) is 23.2. The zero-order valence-corrected chi connectivity index (χ0v) is 11.3. The molecule has 90 valence electrons. The summed E-state index contributed by atoms with van der Waals surface area (Å²) in [6, 6.07) is 0. The summed E-state index contributed by atoms with van der Waals surface area (Å²) in [6.45, 7) is 2.27. The van der Waals surface area contributed by atoms with E-state index in [1.54, 1.807) is 11.3 Å². The molecule has 0 radical (unpaired) electrons. The molecule has 2 rings (SSSR count). The lowest BCUT2D eigenvalue weighted by molar-refractivity contribution is 0.274. The molecule has 1 fully saturated rings. The van der Waals surface area contributed by atoms with Crippen LogP contribution < -0.4 is 0 Å². The van der Waals surface area contributed by atoms with Crippen molar-refractivity contribution in [2.24, 2.45) is 5.92 Å². The van der Waals surface area contributed by atoms with E-state index in [9.17, 15) is 0 Å². The molecule has 0 saturated carbocycles. The van der Waals surface area contributed by atoms with Crippen LogP contribution in [0.25, 0.3) is 0 Å². The number of aliphatic hydroxyl groups excluding tert-OH is 1. The Labute approximate surface area is 105 Å². The van der Waals surface area contributed by atoms with Gasteiger partial charge in [-0.25, -0.2) is 4.98 Å². The topological polar surface area (TPSA) is 33.1 Å². The monoisotopic (exact) mass is 257 g/mol. The van der Waals surface area contributed by atoms with Gasteiger partial charge in [-0.1, -0.05) is 6.92 Å². The largest absolute Gasteiger partial charge is 0.396 e. The molecule has 1 aromatic heterocycles. The Morgan fingerprint density at radius 3 is 3.19 bits per heavy atom. The number of hydrogen-bond acceptors (Lipinski definition) is 4. The minimum absolute atomic E-state index is 0.223. The van der Waals surface area contributed by atoms with Gasteiger partial charge in [0, 0.05) is 23.4 Å². The van der Waals surface area contributed by atoms with Crippen LogP contribution in [-0.4, -0.2) is 28.2 Å². The minimum atomic E-state index is 0.223. The molecule has 1 aliphatic rings. The van der Waals surface area contributed by atoms with Crippen molar-refractivity contribution in [3.63, 3.8) is 0 Å². The number of rotatable bonds is 4. The van der Waals surface area contributed by atoms with E-state index < -0.39 is 0 Å². The molecule has 0 aliphatic carbocycles. The summed E-state index contributed by atoms with van der Waals surface area (Å²) >= 11 is 3.86. The third-order valence-corrected chi connectivity index (χ3v) is 5.58. The second-order valence-electron chi connectivity index (χ2n) is 4.53. The molecule has 4 heteroatoms. The molecule has 0 amide bonds. The van der Waals surface area contributed by atoms with Crippen molar-refractivity contribution in [1.82, 2.24) is 4.98 Å². The van der Waals surface area contributed by atoms with Gasteiger partial charge in [0.1, 0.15) is 0 Å². The van der Waals surface area contributed by atoms with Crippen LogP contribution in [0.4, 0.5) is 0 Å². The van der Waals surface area contributed by atoms with Crippen LogP contribution in [0.15, 0.2) is 6.20 Å². The predicted molar refractivity (Wildman–Crippen MR) is 71.4 cm³/mol. The Kier molecular flexibility index (Phi) is 4.67. The standard InChI is InChI=1S/C12H19NOS2/c1-9(7-14)11-6-13-12(16-11)5-10-3-2-4-15-8-10/h6,9-10,14H,2-5,7-8H2,1H3. The third-order valence-electron chi connectivity index (χ3n) is 3.05. The first-order chi connectivity index (χ1) is 7.79. The van der Waals surface area contributed by atoms with Crippen molar-refractivity contribution < 1.29 is 5.11 Å². The van der Waals surface area contributed by atoms with Crippen LogP contribution in [0.2, 0.25) is 0 Å². The molecule has 1 N–H and O–H groups in total. The Bertz CT molecular complexity index is 321. The number of hydrogen-bond donors (Lipinski definition) is 1. The number of aromatic nitrogens is 1. The maximum atomic E-state index is 9.09. The average Bonchev–Trinajstić information content (AvgIpc) is 2.78. The van der Waals surface area contributed by atoms with Crippen molar-refractivity contribution in [2.75, 3.05) is 18.1 Å². The van der Waals surface area contributed by atoms with E-state index in [1.807, 2.05) is 13.1 Å². The fourth-order valence-corrected chi connectivity index (χ4v) is 4.18. The Morgan fingerprint density at radius 2 is 2.50 bits per heavy atom. The van der Waals surface area contributed by atoms with E-state index in [1.165, 1.54) is 34.2 Å². The first-order valence-corrected chi connectivity index (χ1v) is 7.90. The molecule has 0 aromatic carbocycles. The van der Waals surface area contributed by atoms with E-state index in [0.717, 1.165) is 12.3 Å². The van der Waals surface area contributed by atoms with Gasteiger partial charge >= 0.3 is 0 Å². The van der Waals surface area contributed by atoms with Gasteiger partial charge in [0.15, 0.2) is 0 Å². The second kappa shape index (κ2) is 6.03. The van der Waals surface area contributed by atoms with E-state index in [-0.39, 0.29) is 12.5 Å². The van der Waals surface area contributed by atoms with Gasteiger partial charge in [-0.2, -0.15) is 11.8 Å². The molecule has 1 aromatic rings. The zero-order chi connectivity index (χ0) is 11.4. The summed E-state index contributed by atoms with van der Waals surface area (Å²) in [4.78, 5) is 5.70. The molecule has 2 heterocycles. The first kappa shape index (κ1) is 12.4. The Morgan fingerprint density at radius 1 is 1.62 bits per heavy atom. The molecular formula is C12H19NOS2. The van der Waals surface area contributed by atoms with Crippen molar-refractivity contribution in [3.05, 3.63) is 16.1 Å². The van der Waals surface area contributed by atoms with Crippen molar-refractivity contribution in [2.45, 2.75) is 32.1 Å². The zero-order valence-electron chi connectivity index (χ0n) is 9.69. The highest BCUT2D eigenvalue weighted by Gasteiger charge is 2.17. The maximum absolute atomic E-state index is 9.09. The van der Waals surface area contributed by atoms with Crippen LogP contribution in [0.5, 0.6) is 0 Å². The number of nitrogens with zero attached hydrogens (tertiary/aromatic N) is 1. The minimum Gasteiger partial charge on any atom is -0.396 e. The van der Waals surface area contributed by atoms with E-state index in [0.29, 0.717) is 0 Å². The van der Waals surface area contributed by atoms with Crippen molar-refractivity contribution in [1.29, 1.82) is 0 Å². The highest BCUT2D eigenvalue weighted by atomic mass is 32.2. The number of aliphatic hydroxyl groups is 1. The third kappa shape index (κ3) is 3.22. The number of thioether (sulfide) groups is 1. The Balaban J connectivity index is 1.91. The highest BCUT2D eigenvalue weighted by molar-refractivity contribution is 7.99. The summed E-state index contributed by atoms with van der Waals surface area (Å²) in [5.41, 5.74) is 0. The molecule has 16 heavy (non-hydrogen) atoms. The Hall–Kier alpha value is -0.0600. The molecule has 1 saturated heterocycles. The second-order valence-corrected chi connectivity index (χ2v) is 6.82. The van der Waals surface area contributed by atoms with E-state index >= 15 is 0 Å². The number of thiazole rings is 1. The van der Waals surface area contributed by atoms with Crippen LogP contribution in [0.1, 0.15) is 35.6 Å². The smallest absolute Gasteiger partial charge is 0.0930 e. The highest BCUT2D eigenvalue weighted by Crippen LogP contribution is 2.29. The average molecular weight is 257 g/mol. The molecular weight excluding hydrogens is 238 g/mol. The van der Waals surface area contributed by atoms with Gasteiger partial charge in [0.05, 0.1) is 11.6 Å². The predicted octanol–water partition coefficient (Wildman–Crippen LogP) is 2.92. The van der Waals surface area contributed by atoms with Gasteiger partial charge in [0.2, 0.25) is 0 Å². The summed E-state index contributed by atoms with van der Waals surface area (Å²) in [5, 5.41) is 10.3. The van der Waals surface area contributed by atoms with Crippen LogP contribution in [0, 0.1) is 5.92 Å². The maximum Gasteiger partial charge on any atom is 0.0930 e. The van der Waals surface area contributed by atoms with Crippen molar-refractivity contribution >= 4 is 23.1 Å². The summed E-state index contributed by atoms with van der Waals surface area (Å²) < 4.78 is 0. The summed E-state index contributed by atoms with van der Waals surface area (Å²) in [5.74, 6) is 3.69. The summed E-state index contributed by atoms with van der Waals surface area (Å²) in [6.07, 6.45) is 5.80. The van der Waals surface area contributed by atoms with Crippen LogP contribution in [0.3, 0.4) is 0 Å². The van der Waals surface area contributed by atoms with Gasteiger partial charge < -0.3 is 5.11 Å². The fourth-order valence-electron chi connectivity index (χ4n) is 1.95. The van der Waals surface area contributed by atoms with Crippen LogP contribution in [-0.2, 0) is 6.42 Å². The quantitative estimate of drug-likeness (QED) is 0.900. The first-order valence-electron chi connectivity index (χ1n) is 5.92. The molecule has 2 nitrogen and oxygen atoms in total. The summed E-state index contributed by atoms with van der Waals surface area (Å²) in [7, 11) is 0. The molecule has 2 unspecified atom stereocenters. The van der Waals surface area contributed by atoms with Gasteiger partial charge in [-0.05, 0) is 30.3 Å². The van der Waals surface area contributed by atoms with Crippen LogP contribution >= 0.6 is 23.1 Å². The van der Waals surface area contributed by atoms with E-state index in [2.05, 4.69) is 16.7 Å². The van der Waals surface area contributed by atoms with Crippen molar-refractivity contribution in [3.8, 4) is 0 Å². The molecule has 0 spiro atoms. The SMILES string of the molecule is CC(CO)c1cnc(CC2CCCSC2)s1. The lowest BCUT2D eigenvalue weighted by atomic mass is 10.0. The van der Waals surface area contributed by atoms with E-state index in [4.69, 9.17) is 5.11 Å². The lowest BCUT2D eigenvalue weighted by Crippen LogP contribution is -2.12. The fraction of sp³-hybridized carbons (Fsp3) is 0.750. The van der Waals surface area contributed by atoms with Gasteiger partial charge in [-0.3, -0.25) is 0 Å². The van der Waals surface area contributed by atoms with Gasteiger partial charge in [0.25, 0.3) is 0 Å². The lowest BCUT2D eigenvalue weighted by Gasteiger charge is -2.19.